The standard InChI is InChI=1S/C12H12F3NO5S/c1-22(18,19)21-10-5-6-16(11(10)17)8-3-2-4-9(7-8)20-12(13,14)15/h2-4,7,10H,5-6H2,1H3/t10-/m0/s1. The molecular weight excluding hydrogens is 327 g/mol. The lowest BCUT2D eigenvalue weighted by Gasteiger charge is -2.18. The third kappa shape index (κ3) is 4.34. The van der Waals surface area contributed by atoms with E-state index < -0.39 is 34.2 Å². The number of carbonyl (C=O) groups is 1. The lowest BCUT2D eigenvalue weighted by atomic mass is 10.3. The Labute approximate surface area is 124 Å². The van der Waals surface area contributed by atoms with Crippen molar-refractivity contribution < 1.29 is 35.3 Å². The molecule has 0 saturated carbocycles. The van der Waals surface area contributed by atoms with Gasteiger partial charge in [0.25, 0.3) is 16.0 Å². The van der Waals surface area contributed by atoms with Crippen LogP contribution in [0.4, 0.5) is 18.9 Å². The molecule has 1 atom stereocenters. The number of halogens is 3. The highest BCUT2D eigenvalue weighted by atomic mass is 32.2. The summed E-state index contributed by atoms with van der Waals surface area (Å²) in [6.07, 6.45) is -5.06. The van der Waals surface area contributed by atoms with Crippen LogP contribution in [0.5, 0.6) is 5.75 Å². The molecule has 2 rings (SSSR count). The second kappa shape index (κ2) is 5.76. The first-order valence-electron chi connectivity index (χ1n) is 6.11. The molecule has 0 aliphatic carbocycles. The topological polar surface area (TPSA) is 72.9 Å². The largest absolute Gasteiger partial charge is 0.573 e. The van der Waals surface area contributed by atoms with Crippen LogP contribution in [-0.4, -0.2) is 39.6 Å². The van der Waals surface area contributed by atoms with E-state index in [4.69, 9.17) is 0 Å². The maximum absolute atomic E-state index is 12.2. The molecule has 0 N–H and O–H groups in total. The van der Waals surface area contributed by atoms with Gasteiger partial charge >= 0.3 is 6.36 Å². The average molecular weight is 339 g/mol. The molecule has 6 nitrogen and oxygen atoms in total. The van der Waals surface area contributed by atoms with Crippen LogP contribution in [0.15, 0.2) is 24.3 Å². The van der Waals surface area contributed by atoms with Crippen molar-refractivity contribution in [3.8, 4) is 5.75 Å². The minimum absolute atomic E-state index is 0.121. The fourth-order valence-electron chi connectivity index (χ4n) is 2.06. The Bertz CT molecular complexity index is 674. The van der Waals surface area contributed by atoms with E-state index in [1.807, 2.05) is 0 Å². The minimum atomic E-state index is -4.84. The number of benzene rings is 1. The zero-order valence-electron chi connectivity index (χ0n) is 11.3. The van der Waals surface area contributed by atoms with E-state index >= 15 is 0 Å². The fourth-order valence-corrected chi connectivity index (χ4v) is 2.66. The molecule has 1 aliphatic rings. The first-order valence-corrected chi connectivity index (χ1v) is 7.92. The van der Waals surface area contributed by atoms with Gasteiger partial charge in [-0.15, -0.1) is 13.2 Å². The molecule has 22 heavy (non-hydrogen) atoms. The average Bonchev–Trinajstić information content (AvgIpc) is 2.67. The zero-order chi connectivity index (χ0) is 16.5. The first kappa shape index (κ1) is 16.6. The molecule has 0 aromatic heterocycles. The second-order valence-corrected chi connectivity index (χ2v) is 6.21. The van der Waals surface area contributed by atoms with E-state index in [2.05, 4.69) is 8.92 Å². The molecule has 0 radical (unpaired) electrons. The van der Waals surface area contributed by atoms with E-state index in [0.717, 1.165) is 23.3 Å². The van der Waals surface area contributed by atoms with Crippen LogP contribution < -0.4 is 9.64 Å². The van der Waals surface area contributed by atoms with Crippen LogP contribution in [0.2, 0.25) is 0 Å². The molecule has 0 bridgehead atoms. The van der Waals surface area contributed by atoms with Crippen molar-refractivity contribution in [1.82, 2.24) is 0 Å². The molecule has 1 saturated heterocycles. The van der Waals surface area contributed by atoms with Gasteiger partial charge in [0.15, 0.2) is 6.10 Å². The summed E-state index contributed by atoms with van der Waals surface area (Å²) in [4.78, 5) is 13.2. The molecule has 1 aromatic carbocycles. The molecule has 1 aromatic rings. The van der Waals surface area contributed by atoms with Gasteiger partial charge < -0.3 is 9.64 Å². The number of rotatable bonds is 4. The predicted octanol–water partition coefficient (Wildman–Crippen LogP) is 1.67. The van der Waals surface area contributed by atoms with Gasteiger partial charge in [0.05, 0.1) is 6.26 Å². The van der Waals surface area contributed by atoms with Gasteiger partial charge in [0, 0.05) is 24.7 Å². The molecule has 10 heteroatoms. The van der Waals surface area contributed by atoms with Gasteiger partial charge in [-0.2, -0.15) is 8.42 Å². The van der Waals surface area contributed by atoms with Crippen molar-refractivity contribution in [2.24, 2.45) is 0 Å². The van der Waals surface area contributed by atoms with Crippen LogP contribution >= 0.6 is 0 Å². The number of hydrogen-bond acceptors (Lipinski definition) is 5. The van der Waals surface area contributed by atoms with Crippen molar-refractivity contribution in [1.29, 1.82) is 0 Å². The molecule has 1 fully saturated rings. The number of amides is 1. The van der Waals surface area contributed by atoms with Gasteiger partial charge in [-0.25, -0.2) is 0 Å². The number of nitrogens with zero attached hydrogens (tertiary/aromatic N) is 1. The smallest absolute Gasteiger partial charge is 0.406 e. The van der Waals surface area contributed by atoms with E-state index in [1.54, 1.807) is 0 Å². The van der Waals surface area contributed by atoms with Gasteiger partial charge in [-0.05, 0) is 12.1 Å². The summed E-state index contributed by atoms with van der Waals surface area (Å²) in [5.74, 6) is -1.10. The summed E-state index contributed by atoms with van der Waals surface area (Å²) < 4.78 is 67.1. The first-order chi connectivity index (χ1) is 10.1. The maximum atomic E-state index is 12.2. The summed E-state index contributed by atoms with van der Waals surface area (Å²) in [5, 5.41) is 0. The Kier molecular flexibility index (Phi) is 4.34. The summed E-state index contributed by atoms with van der Waals surface area (Å²) in [6, 6.07) is 4.87. The molecule has 1 aliphatic heterocycles. The Balaban J connectivity index is 2.16. The summed E-state index contributed by atoms with van der Waals surface area (Å²) in [7, 11) is -3.80. The van der Waals surface area contributed by atoms with E-state index in [9.17, 15) is 26.4 Å². The Hall–Kier alpha value is -1.81. The minimum Gasteiger partial charge on any atom is -0.406 e. The van der Waals surface area contributed by atoms with E-state index in [-0.39, 0.29) is 18.7 Å². The maximum Gasteiger partial charge on any atom is 0.573 e. The van der Waals surface area contributed by atoms with Crippen LogP contribution in [0.3, 0.4) is 0 Å². The Morgan fingerprint density at radius 3 is 2.59 bits per heavy atom. The van der Waals surface area contributed by atoms with E-state index in [1.165, 1.54) is 12.1 Å². The SMILES string of the molecule is CS(=O)(=O)O[C@H]1CCN(c2cccc(OC(F)(F)F)c2)C1=O. The van der Waals surface area contributed by atoms with Crippen molar-refractivity contribution in [3.63, 3.8) is 0 Å². The van der Waals surface area contributed by atoms with Gasteiger partial charge in [0.1, 0.15) is 5.75 Å². The summed E-state index contributed by atoms with van der Waals surface area (Å²) >= 11 is 0. The van der Waals surface area contributed by atoms with Crippen molar-refractivity contribution in [2.75, 3.05) is 17.7 Å². The molecule has 0 unspecified atom stereocenters. The van der Waals surface area contributed by atoms with Crippen LogP contribution in [0, 0.1) is 0 Å². The molecule has 122 valence electrons. The van der Waals surface area contributed by atoms with Gasteiger partial charge in [0.2, 0.25) is 0 Å². The van der Waals surface area contributed by atoms with Crippen LogP contribution in [-0.2, 0) is 19.1 Å². The lowest BCUT2D eigenvalue weighted by molar-refractivity contribution is -0.274. The quantitative estimate of drug-likeness (QED) is 0.780. The van der Waals surface area contributed by atoms with Crippen molar-refractivity contribution in [3.05, 3.63) is 24.3 Å². The highest BCUT2D eigenvalue weighted by Crippen LogP contribution is 2.29. The second-order valence-electron chi connectivity index (χ2n) is 4.61. The van der Waals surface area contributed by atoms with Crippen LogP contribution in [0.1, 0.15) is 6.42 Å². The highest BCUT2D eigenvalue weighted by Gasteiger charge is 2.36. The molecule has 1 heterocycles. The zero-order valence-corrected chi connectivity index (χ0v) is 12.1. The molecule has 1 amide bonds. The molecular formula is C12H12F3NO5S. The molecule has 0 spiro atoms. The van der Waals surface area contributed by atoms with Crippen LogP contribution in [0.25, 0.3) is 0 Å². The Morgan fingerprint density at radius 2 is 2.00 bits per heavy atom. The number of carbonyl (C=O) groups excluding carboxylic acids is 1. The predicted molar refractivity (Wildman–Crippen MR) is 69.8 cm³/mol. The lowest BCUT2D eigenvalue weighted by Crippen LogP contribution is -2.31. The normalized spacial score (nSPS) is 19.5. The van der Waals surface area contributed by atoms with Gasteiger partial charge in [-0.3, -0.25) is 8.98 Å². The fraction of sp³-hybridized carbons (Fsp3) is 0.417. The summed E-state index contributed by atoms with van der Waals surface area (Å²) in [6.45, 7) is 0.133. The van der Waals surface area contributed by atoms with E-state index in [0.29, 0.717) is 0 Å². The summed E-state index contributed by atoms with van der Waals surface area (Å²) in [5.41, 5.74) is 0.173. The van der Waals surface area contributed by atoms with Crippen molar-refractivity contribution >= 4 is 21.7 Å². The highest BCUT2D eigenvalue weighted by molar-refractivity contribution is 7.86. The third-order valence-corrected chi connectivity index (χ3v) is 3.39. The monoisotopic (exact) mass is 339 g/mol. The van der Waals surface area contributed by atoms with Gasteiger partial charge in [-0.1, -0.05) is 6.07 Å². The third-order valence-electron chi connectivity index (χ3n) is 2.81. The number of alkyl halides is 3. The number of anilines is 1. The number of ether oxygens (including phenoxy) is 1. The van der Waals surface area contributed by atoms with Crippen molar-refractivity contribution in [2.45, 2.75) is 18.9 Å². The Morgan fingerprint density at radius 1 is 1.32 bits per heavy atom. The number of hydrogen-bond donors (Lipinski definition) is 0.